The lowest BCUT2D eigenvalue weighted by Gasteiger charge is -2.06. The molecular weight excluding hydrogens is 400 g/mol. The van der Waals surface area contributed by atoms with Gasteiger partial charge in [0.05, 0.1) is 11.0 Å². The van der Waals surface area contributed by atoms with Crippen molar-refractivity contribution in [3.63, 3.8) is 0 Å². The molecule has 1 aromatic carbocycles. The van der Waals surface area contributed by atoms with Crippen molar-refractivity contribution < 1.29 is 4.42 Å². The summed E-state index contributed by atoms with van der Waals surface area (Å²) in [7, 11) is 1.92. The Morgan fingerprint density at radius 1 is 1.24 bits per heavy atom. The Morgan fingerprint density at radius 2 is 2.00 bits per heavy atom. The largest absolute Gasteiger partial charge is 0.451 e. The molecule has 0 amide bonds. The van der Waals surface area contributed by atoms with Gasteiger partial charge in [0.2, 0.25) is 0 Å². The van der Waals surface area contributed by atoms with Crippen LogP contribution in [0.5, 0.6) is 0 Å². The van der Waals surface area contributed by atoms with Gasteiger partial charge in [-0.2, -0.15) is 0 Å². The first kappa shape index (κ1) is 14.3. The van der Waals surface area contributed by atoms with Gasteiger partial charge in [0.25, 0.3) is 0 Å². The van der Waals surface area contributed by atoms with Gasteiger partial charge in [-0.05, 0) is 62.2 Å². The Balaban J connectivity index is 1.69. The molecule has 21 heavy (non-hydrogen) atoms. The van der Waals surface area contributed by atoms with E-state index in [1.165, 1.54) is 0 Å². The lowest BCUT2D eigenvalue weighted by Crippen LogP contribution is -1.98. The summed E-state index contributed by atoms with van der Waals surface area (Å²) in [4.78, 5) is 0. The summed E-state index contributed by atoms with van der Waals surface area (Å²) in [5.41, 5.74) is 2.05. The minimum Gasteiger partial charge on any atom is -0.451 e. The molecule has 0 bridgehead atoms. The molecule has 3 rings (SSSR count). The third kappa shape index (κ3) is 3.19. The molecule has 0 saturated heterocycles. The van der Waals surface area contributed by atoms with Gasteiger partial charge in [-0.25, -0.2) is 0 Å². The molecule has 0 aliphatic rings. The fraction of sp³-hybridized carbons (Fsp3) is 0.143. The third-order valence-electron chi connectivity index (χ3n) is 3.02. The van der Waals surface area contributed by atoms with Crippen molar-refractivity contribution in [1.82, 2.24) is 14.8 Å². The second-order valence-corrected chi connectivity index (χ2v) is 6.11. The molecular formula is C14H12Br2N4O. The van der Waals surface area contributed by atoms with Crippen LogP contribution in [0.1, 0.15) is 5.76 Å². The fourth-order valence-corrected chi connectivity index (χ4v) is 2.61. The van der Waals surface area contributed by atoms with Crippen molar-refractivity contribution >= 4 is 37.5 Å². The van der Waals surface area contributed by atoms with Crippen LogP contribution in [0.3, 0.4) is 0 Å². The van der Waals surface area contributed by atoms with Crippen molar-refractivity contribution in [2.24, 2.45) is 7.05 Å². The molecule has 0 fully saturated rings. The molecule has 0 aliphatic heterocycles. The first-order chi connectivity index (χ1) is 10.1. The van der Waals surface area contributed by atoms with E-state index in [4.69, 9.17) is 4.42 Å². The minimum absolute atomic E-state index is 0.619. The van der Waals surface area contributed by atoms with E-state index in [-0.39, 0.29) is 0 Å². The molecule has 5 nitrogen and oxygen atoms in total. The number of nitrogens with zero attached hydrogens (tertiary/aromatic N) is 3. The summed E-state index contributed by atoms with van der Waals surface area (Å²) in [5, 5.41) is 11.3. The van der Waals surface area contributed by atoms with Gasteiger partial charge < -0.3 is 14.3 Å². The number of benzene rings is 1. The average Bonchev–Trinajstić information content (AvgIpc) is 3.04. The van der Waals surface area contributed by atoms with Gasteiger partial charge in [-0.15, -0.1) is 10.2 Å². The van der Waals surface area contributed by atoms with E-state index in [0.29, 0.717) is 11.2 Å². The second kappa shape index (κ2) is 6.03. The van der Waals surface area contributed by atoms with Crippen LogP contribution < -0.4 is 5.32 Å². The molecule has 7 heteroatoms. The highest BCUT2D eigenvalue weighted by atomic mass is 79.9. The lowest BCUT2D eigenvalue weighted by molar-refractivity contribution is 0.494. The van der Waals surface area contributed by atoms with Crippen LogP contribution in [0.4, 0.5) is 5.69 Å². The first-order valence-corrected chi connectivity index (χ1v) is 7.84. The van der Waals surface area contributed by atoms with E-state index in [1.807, 2.05) is 41.9 Å². The van der Waals surface area contributed by atoms with Crippen LogP contribution in [-0.2, 0) is 13.6 Å². The van der Waals surface area contributed by atoms with Crippen molar-refractivity contribution in [2.75, 3.05) is 5.32 Å². The number of furan rings is 1. The number of anilines is 1. The number of hydrogen-bond acceptors (Lipinski definition) is 4. The summed E-state index contributed by atoms with van der Waals surface area (Å²) in [6.07, 6.45) is 1.69. The van der Waals surface area contributed by atoms with Crippen LogP contribution in [0, 0.1) is 0 Å². The molecule has 2 heterocycles. The predicted molar refractivity (Wildman–Crippen MR) is 87.9 cm³/mol. The molecule has 0 saturated carbocycles. The highest BCUT2D eigenvalue weighted by Gasteiger charge is 2.07. The highest BCUT2D eigenvalue weighted by molar-refractivity contribution is 9.13. The van der Waals surface area contributed by atoms with Crippen LogP contribution >= 0.6 is 31.9 Å². The number of hydrogen-bond donors (Lipinski definition) is 1. The van der Waals surface area contributed by atoms with E-state index in [2.05, 4.69) is 47.4 Å². The van der Waals surface area contributed by atoms with Crippen LogP contribution in [0.2, 0.25) is 0 Å². The maximum Gasteiger partial charge on any atom is 0.183 e. The maximum atomic E-state index is 5.52. The van der Waals surface area contributed by atoms with Gasteiger partial charge in [-0.1, -0.05) is 0 Å². The van der Waals surface area contributed by atoms with Crippen molar-refractivity contribution in [3.05, 3.63) is 51.6 Å². The Hall–Kier alpha value is -1.60. The maximum absolute atomic E-state index is 5.52. The summed E-state index contributed by atoms with van der Waals surface area (Å²) < 4.78 is 9.03. The highest BCUT2D eigenvalue weighted by Crippen LogP contribution is 2.27. The first-order valence-electron chi connectivity index (χ1n) is 6.25. The molecule has 1 N–H and O–H groups in total. The molecule has 0 radical (unpaired) electrons. The van der Waals surface area contributed by atoms with Crippen molar-refractivity contribution in [2.45, 2.75) is 6.54 Å². The van der Waals surface area contributed by atoms with E-state index in [9.17, 15) is 0 Å². The van der Waals surface area contributed by atoms with E-state index in [0.717, 1.165) is 27.3 Å². The SMILES string of the molecule is Cn1cnnc1-c1ccc(NCc2cc(Br)c(Br)o2)cc1. The van der Waals surface area contributed by atoms with Gasteiger partial charge in [0.1, 0.15) is 12.1 Å². The monoisotopic (exact) mass is 410 g/mol. The number of halogens is 2. The number of nitrogens with one attached hydrogen (secondary N) is 1. The van der Waals surface area contributed by atoms with Crippen molar-refractivity contribution in [1.29, 1.82) is 0 Å². The Morgan fingerprint density at radius 3 is 2.57 bits per heavy atom. The van der Waals surface area contributed by atoms with Gasteiger partial charge in [0.15, 0.2) is 10.5 Å². The third-order valence-corrected chi connectivity index (χ3v) is 4.73. The molecule has 3 aromatic rings. The van der Waals surface area contributed by atoms with Crippen LogP contribution in [-0.4, -0.2) is 14.8 Å². The normalized spacial score (nSPS) is 10.8. The zero-order valence-corrected chi connectivity index (χ0v) is 14.3. The predicted octanol–water partition coefficient (Wildman–Crippen LogP) is 4.21. The quantitative estimate of drug-likeness (QED) is 0.698. The van der Waals surface area contributed by atoms with Crippen LogP contribution in [0.15, 0.2) is 50.2 Å². The number of aryl methyl sites for hydroxylation is 1. The lowest BCUT2D eigenvalue weighted by atomic mass is 10.2. The zero-order valence-electron chi connectivity index (χ0n) is 11.2. The summed E-state index contributed by atoms with van der Waals surface area (Å²) in [6, 6.07) is 9.99. The Bertz CT molecular complexity index is 729. The molecule has 0 atom stereocenters. The molecule has 0 unspecified atom stereocenters. The number of aromatic nitrogens is 3. The standard InChI is InChI=1S/C14H12Br2N4O/c1-20-8-18-19-14(20)9-2-4-10(5-3-9)17-7-11-6-12(15)13(16)21-11/h2-6,8,17H,7H2,1H3. The minimum atomic E-state index is 0.619. The van der Waals surface area contributed by atoms with E-state index in [1.54, 1.807) is 6.33 Å². The average molecular weight is 412 g/mol. The zero-order chi connectivity index (χ0) is 14.8. The van der Waals surface area contributed by atoms with Gasteiger partial charge in [-0.3, -0.25) is 0 Å². The Kier molecular flexibility index (Phi) is 4.12. The topological polar surface area (TPSA) is 55.9 Å². The van der Waals surface area contributed by atoms with E-state index >= 15 is 0 Å². The number of rotatable bonds is 4. The summed E-state index contributed by atoms with van der Waals surface area (Å²) in [6.45, 7) is 0.619. The molecule has 108 valence electrons. The summed E-state index contributed by atoms with van der Waals surface area (Å²) >= 11 is 6.72. The van der Waals surface area contributed by atoms with E-state index < -0.39 is 0 Å². The van der Waals surface area contributed by atoms with Crippen molar-refractivity contribution in [3.8, 4) is 11.4 Å². The fourth-order valence-electron chi connectivity index (χ4n) is 1.95. The smallest absolute Gasteiger partial charge is 0.183 e. The Labute approximate surface area is 138 Å². The summed E-state index contributed by atoms with van der Waals surface area (Å²) in [5.74, 6) is 1.70. The molecule has 0 spiro atoms. The van der Waals surface area contributed by atoms with Gasteiger partial charge >= 0.3 is 0 Å². The molecule has 2 aromatic heterocycles. The van der Waals surface area contributed by atoms with Crippen LogP contribution in [0.25, 0.3) is 11.4 Å². The van der Waals surface area contributed by atoms with Gasteiger partial charge in [0, 0.05) is 18.3 Å². The second-order valence-electron chi connectivity index (χ2n) is 4.53. The molecule has 0 aliphatic carbocycles.